The Bertz CT molecular complexity index is 293. The molecule has 0 saturated carbocycles. The second-order valence-electron chi connectivity index (χ2n) is 3.50. The van der Waals surface area contributed by atoms with Crippen LogP contribution in [0.2, 0.25) is 0 Å². The molecule has 15 heavy (non-hydrogen) atoms. The molecule has 1 aromatic rings. The van der Waals surface area contributed by atoms with Crippen LogP contribution < -0.4 is 11.1 Å². The van der Waals surface area contributed by atoms with Crippen molar-refractivity contribution < 1.29 is 0 Å². The first-order valence-corrected chi connectivity index (χ1v) is 5.37. The molecule has 4 heteroatoms. The van der Waals surface area contributed by atoms with Gasteiger partial charge in [0.2, 0.25) is 0 Å². The van der Waals surface area contributed by atoms with Crippen molar-refractivity contribution in [2.24, 2.45) is 5.73 Å². The number of hydrogen-bond acceptors (Lipinski definition) is 3. The van der Waals surface area contributed by atoms with E-state index in [1.54, 1.807) is 0 Å². The summed E-state index contributed by atoms with van der Waals surface area (Å²) in [7, 11) is 0. The number of nitrogens with zero attached hydrogens (tertiary/aromatic N) is 2. The first-order valence-electron chi connectivity index (χ1n) is 5.37. The van der Waals surface area contributed by atoms with E-state index in [2.05, 4.69) is 28.4 Å². The third-order valence-corrected chi connectivity index (χ3v) is 2.31. The SMILES string of the molecule is C=CCNC(CN)c1cncn1CCC. The van der Waals surface area contributed by atoms with Gasteiger partial charge in [-0.3, -0.25) is 0 Å². The molecule has 0 bridgehead atoms. The van der Waals surface area contributed by atoms with Gasteiger partial charge in [-0.15, -0.1) is 6.58 Å². The highest BCUT2D eigenvalue weighted by Crippen LogP contribution is 2.11. The summed E-state index contributed by atoms with van der Waals surface area (Å²) in [5.41, 5.74) is 6.89. The summed E-state index contributed by atoms with van der Waals surface area (Å²) in [6, 6.07) is 0.164. The Labute approximate surface area is 91.2 Å². The summed E-state index contributed by atoms with van der Waals surface area (Å²) in [6.07, 6.45) is 6.67. The van der Waals surface area contributed by atoms with Crippen LogP contribution in [0.5, 0.6) is 0 Å². The fourth-order valence-corrected chi connectivity index (χ4v) is 1.58. The van der Waals surface area contributed by atoms with Gasteiger partial charge in [-0.25, -0.2) is 4.98 Å². The topological polar surface area (TPSA) is 55.9 Å². The van der Waals surface area contributed by atoms with Gasteiger partial charge in [-0.05, 0) is 6.42 Å². The van der Waals surface area contributed by atoms with E-state index in [0.717, 1.165) is 25.2 Å². The van der Waals surface area contributed by atoms with Crippen LogP contribution in [-0.4, -0.2) is 22.6 Å². The molecule has 3 N–H and O–H groups in total. The van der Waals surface area contributed by atoms with Gasteiger partial charge >= 0.3 is 0 Å². The molecule has 84 valence electrons. The average molecular weight is 208 g/mol. The predicted molar refractivity (Wildman–Crippen MR) is 62.5 cm³/mol. The summed E-state index contributed by atoms with van der Waals surface area (Å²) in [4.78, 5) is 4.16. The minimum Gasteiger partial charge on any atom is -0.333 e. The lowest BCUT2D eigenvalue weighted by atomic mass is 10.2. The molecule has 1 heterocycles. The first-order chi connectivity index (χ1) is 7.33. The van der Waals surface area contributed by atoms with Crippen molar-refractivity contribution in [2.45, 2.75) is 25.9 Å². The van der Waals surface area contributed by atoms with E-state index in [1.807, 2.05) is 18.6 Å². The minimum atomic E-state index is 0.164. The van der Waals surface area contributed by atoms with Gasteiger partial charge in [0.1, 0.15) is 0 Å². The van der Waals surface area contributed by atoms with Gasteiger partial charge in [0.05, 0.1) is 18.1 Å². The molecule has 1 atom stereocenters. The number of nitrogens with two attached hydrogens (primary N) is 1. The monoisotopic (exact) mass is 208 g/mol. The Hall–Kier alpha value is -1.13. The molecule has 0 saturated heterocycles. The largest absolute Gasteiger partial charge is 0.333 e. The van der Waals surface area contributed by atoms with Crippen LogP contribution in [0, 0.1) is 0 Å². The lowest BCUT2D eigenvalue weighted by Crippen LogP contribution is -2.30. The highest BCUT2D eigenvalue weighted by molar-refractivity contribution is 5.06. The van der Waals surface area contributed by atoms with E-state index in [1.165, 1.54) is 0 Å². The summed E-state index contributed by atoms with van der Waals surface area (Å²) in [5.74, 6) is 0. The van der Waals surface area contributed by atoms with Crippen LogP contribution in [0.15, 0.2) is 25.2 Å². The van der Waals surface area contributed by atoms with Crippen molar-refractivity contribution in [1.29, 1.82) is 0 Å². The zero-order chi connectivity index (χ0) is 11.1. The zero-order valence-electron chi connectivity index (χ0n) is 9.32. The third kappa shape index (κ3) is 3.18. The van der Waals surface area contributed by atoms with Crippen molar-refractivity contribution in [3.63, 3.8) is 0 Å². The number of aryl methyl sites for hydroxylation is 1. The van der Waals surface area contributed by atoms with Crippen molar-refractivity contribution in [1.82, 2.24) is 14.9 Å². The van der Waals surface area contributed by atoms with Gasteiger partial charge in [-0.1, -0.05) is 13.0 Å². The van der Waals surface area contributed by atoms with Crippen molar-refractivity contribution in [3.8, 4) is 0 Å². The van der Waals surface area contributed by atoms with Crippen LogP contribution in [-0.2, 0) is 6.54 Å². The third-order valence-electron chi connectivity index (χ3n) is 2.31. The Morgan fingerprint density at radius 2 is 2.53 bits per heavy atom. The Morgan fingerprint density at radius 3 is 3.13 bits per heavy atom. The molecule has 0 amide bonds. The van der Waals surface area contributed by atoms with Crippen LogP contribution in [0.4, 0.5) is 0 Å². The smallest absolute Gasteiger partial charge is 0.0948 e. The molecule has 0 aliphatic rings. The number of imidazole rings is 1. The van der Waals surface area contributed by atoms with E-state index in [-0.39, 0.29) is 6.04 Å². The molecule has 1 rings (SSSR count). The van der Waals surface area contributed by atoms with E-state index in [0.29, 0.717) is 6.54 Å². The predicted octanol–water partition coefficient (Wildman–Crippen LogP) is 1.07. The molecule has 0 aliphatic carbocycles. The molecular weight excluding hydrogens is 188 g/mol. The number of rotatable bonds is 7. The number of hydrogen-bond donors (Lipinski definition) is 2. The van der Waals surface area contributed by atoms with Crippen LogP contribution in [0.3, 0.4) is 0 Å². The van der Waals surface area contributed by atoms with Gasteiger partial charge < -0.3 is 15.6 Å². The first kappa shape index (κ1) is 11.9. The molecule has 0 aliphatic heterocycles. The van der Waals surface area contributed by atoms with E-state index >= 15 is 0 Å². The summed E-state index contributed by atoms with van der Waals surface area (Å²) in [6.45, 7) is 8.16. The van der Waals surface area contributed by atoms with Crippen molar-refractivity contribution >= 4 is 0 Å². The molecule has 1 unspecified atom stereocenters. The normalized spacial score (nSPS) is 12.7. The lowest BCUT2D eigenvalue weighted by Gasteiger charge is -2.17. The van der Waals surface area contributed by atoms with E-state index < -0.39 is 0 Å². The molecule has 1 aromatic heterocycles. The second-order valence-corrected chi connectivity index (χ2v) is 3.50. The molecule has 0 fully saturated rings. The minimum absolute atomic E-state index is 0.164. The average Bonchev–Trinajstić information content (AvgIpc) is 2.68. The molecule has 0 aromatic carbocycles. The molecule has 0 spiro atoms. The standard InChI is InChI=1S/C11H20N4/c1-3-5-14-10(7-12)11-8-13-9-15(11)6-4-2/h3,8-10,14H,1,4-7,12H2,2H3. The summed E-state index contributed by atoms with van der Waals surface area (Å²) in [5, 5.41) is 3.32. The summed E-state index contributed by atoms with van der Waals surface area (Å²) >= 11 is 0. The van der Waals surface area contributed by atoms with Crippen LogP contribution >= 0.6 is 0 Å². The highest BCUT2D eigenvalue weighted by atomic mass is 15.1. The Balaban J connectivity index is 2.71. The Kier molecular flexibility index (Phi) is 5.07. The number of aromatic nitrogens is 2. The zero-order valence-corrected chi connectivity index (χ0v) is 9.32. The van der Waals surface area contributed by atoms with Gasteiger partial charge in [-0.2, -0.15) is 0 Å². The van der Waals surface area contributed by atoms with Gasteiger partial charge in [0.15, 0.2) is 0 Å². The quantitative estimate of drug-likeness (QED) is 0.659. The highest BCUT2D eigenvalue weighted by Gasteiger charge is 2.12. The fourth-order valence-electron chi connectivity index (χ4n) is 1.58. The van der Waals surface area contributed by atoms with Crippen LogP contribution in [0.1, 0.15) is 25.1 Å². The van der Waals surface area contributed by atoms with Crippen LogP contribution in [0.25, 0.3) is 0 Å². The number of nitrogens with one attached hydrogen (secondary N) is 1. The maximum absolute atomic E-state index is 5.73. The van der Waals surface area contributed by atoms with E-state index in [9.17, 15) is 0 Å². The van der Waals surface area contributed by atoms with E-state index in [4.69, 9.17) is 5.73 Å². The summed E-state index contributed by atoms with van der Waals surface area (Å²) < 4.78 is 2.15. The second kappa shape index (κ2) is 6.37. The van der Waals surface area contributed by atoms with Crippen molar-refractivity contribution in [3.05, 3.63) is 30.9 Å². The Morgan fingerprint density at radius 1 is 1.73 bits per heavy atom. The maximum atomic E-state index is 5.73. The molecule has 4 nitrogen and oxygen atoms in total. The van der Waals surface area contributed by atoms with Crippen molar-refractivity contribution in [2.75, 3.05) is 13.1 Å². The maximum Gasteiger partial charge on any atom is 0.0948 e. The van der Waals surface area contributed by atoms with Gasteiger partial charge in [0, 0.05) is 25.8 Å². The fraction of sp³-hybridized carbons (Fsp3) is 0.545. The molecular formula is C11H20N4. The van der Waals surface area contributed by atoms with Gasteiger partial charge in [0.25, 0.3) is 0 Å². The lowest BCUT2D eigenvalue weighted by molar-refractivity contribution is 0.521. The molecule has 0 radical (unpaired) electrons.